The van der Waals surface area contributed by atoms with Gasteiger partial charge >= 0.3 is 6.18 Å². The summed E-state index contributed by atoms with van der Waals surface area (Å²) in [6, 6.07) is 5.40. The largest absolute Gasteiger partial charge is 0.507 e. The molecule has 0 fully saturated rings. The second-order valence-electron chi connectivity index (χ2n) is 5.88. The number of aryl methyl sites for hydroxylation is 1. The third-order valence-electron chi connectivity index (χ3n) is 4.13. The Morgan fingerprint density at radius 3 is 2.83 bits per heavy atom. The summed E-state index contributed by atoms with van der Waals surface area (Å²) >= 11 is 0. The number of benzene rings is 1. The van der Waals surface area contributed by atoms with Crippen LogP contribution < -0.4 is 5.56 Å². The van der Waals surface area contributed by atoms with Gasteiger partial charge in [-0.15, -0.1) is 0 Å². The summed E-state index contributed by atoms with van der Waals surface area (Å²) in [5.41, 5.74) is 1.15. The first kappa shape index (κ1) is 16.5. The molecule has 2 aromatic rings. The van der Waals surface area contributed by atoms with E-state index in [0.717, 1.165) is 11.1 Å². The standard InChI is InChI=1S/C16H16F3N3O2/c1-9-3-2-4-10(13(9)23)7-22-6-5-12-11(8-22)14(24)21-15(20-12)16(17,18)19/h2-4,23H,5-8H2,1H3,(H,20,21,24). The number of para-hydroxylation sites is 1. The Morgan fingerprint density at radius 1 is 1.38 bits per heavy atom. The van der Waals surface area contributed by atoms with E-state index in [0.29, 0.717) is 13.1 Å². The van der Waals surface area contributed by atoms with Crippen LogP contribution in [0.25, 0.3) is 0 Å². The van der Waals surface area contributed by atoms with Crippen LogP contribution in [0.1, 0.15) is 28.2 Å². The van der Waals surface area contributed by atoms with E-state index in [1.165, 1.54) is 0 Å². The minimum atomic E-state index is -4.67. The maximum Gasteiger partial charge on any atom is 0.449 e. The highest BCUT2D eigenvalue weighted by molar-refractivity contribution is 5.39. The van der Waals surface area contributed by atoms with Crippen molar-refractivity contribution in [1.29, 1.82) is 0 Å². The molecule has 2 N–H and O–H groups in total. The number of hydrogen-bond donors (Lipinski definition) is 2. The third kappa shape index (κ3) is 3.14. The molecule has 0 bridgehead atoms. The number of phenolic OH excluding ortho intramolecular Hbond substituents is 1. The molecule has 24 heavy (non-hydrogen) atoms. The van der Waals surface area contributed by atoms with E-state index in [1.807, 2.05) is 16.0 Å². The smallest absolute Gasteiger partial charge is 0.449 e. The Hall–Kier alpha value is -2.35. The Kier molecular flexibility index (Phi) is 4.08. The number of halogens is 3. The van der Waals surface area contributed by atoms with E-state index < -0.39 is 17.6 Å². The molecule has 1 aromatic carbocycles. The first-order valence-corrected chi connectivity index (χ1v) is 7.45. The Bertz CT molecular complexity index is 830. The lowest BCUT2D eigenvalue weighted by Crippen LogP contribution is -2.36. The van der Waals surface area contributed by atoms with Gasteiger partial charge in [0, 0.05) is 31.6 Å². The number of phenols is 1. The van der Waals surface area contributed by atoms with Crippen LogP contribution in [0.15, 0.2) is 23.0 Å². The molecule has 3 rings (SSSR count). The number of nitrogens with one attached hydrogen (secondary N) is 1. The van der Waals surface area contributed by atoms with Crippen LogP contribution in [0.5, 0.6) is 5.75 Å². The SMILES string of the molecule is Cc1cccc(CN2CCc3nc(C(F)(F)F)[nH]c(=O)c3C2)c1O. The van der Waals surface area contributed by atoms with Crippen LogP contribution in [0.4, 0.5) is 13.2 Å². The number of rotatable bonds is 2. The van der Waals surface area contributed by atoms with Gasteiger partial charge in [-0.05, 0) is 12.5 Å². The summed E-state index contributed by atoms with van der Waals surface area (Å²) in [7, 11) is 0. The molecule has 0 saturated carbocycles. The lowest BCUT2D eigenvalue weighted by molar-refractivity contribution is -0.145. The molecule has 0 radical (unpaired) electrons. The van der Waals surface area contributed by atoms with Crippen molar-refractivity contribution in [2.45, 2.75) is 32.6 Å². The van der Waals surface area contributed by atoms with Gasteiger partial charge in [0.15, 0.2) is 0 Å². The van der Waals surface area contributed by atoms with Crippen molar-refractivity contribution in [2.75, 3.05) is 6.54 Å². The predicted molar refractivity (Wildman–Crippen MR) is 80.5 cm³/mol. The summed E-state index contributed by atoms with van der Waals surface area (Å²) in [5.74, 6) is -1.06. The number of hydrogen-bond acceptors (Lipinski definition) is 4. The number of nitrogens with zero attached hydrogens (tertiary/aromatic N) is 2. The highest BCUT2D eigenvalue weighted by Gasteiger charge is 2.35. The van der Waals surface area contributed by atoms with Crippen LogP contribution in [0, 0.1) is 6.92 Å². The van der Waals surface area contributed by atoms with E-state index in [1.54, 1.807) is 19.1 Å². The van der Waals surface area contributed by atoms with Crippen molar-refractivity contribution in [3.63, 3.8) is 0 Å². The predicted octanol–water partition coefficient (Wildman–Crippen LogP) is 2.36. The lowest BCUT2D eigenvalue weighted by atomic mass is 10.0. The summed E-state index contributed by atoms with van der Waals surface area (Å²) in [6.45, 7) is 2.86. The molecule has 128 valence electrons. The number of H-pyrrole nitrogens is 1. The molecule has 0 spiro atoms. The van der Waals surface area contributed by atoms with Crippen LogP contribution in [0.2, 0.25) is 0 Å². The number of aromatic hydroxyl groups is 1. The molecule has 0 aliphatic carbocycles. The topological polar surface area (TPSA) is 69.2 Å². The van der Waals surface area contributed by atoms with Crippen LogP contribution in [0.3, 0.4) is 0 Å². The third-order valence-corrected chi connectivity index (χ3v) is 4.13. The van der Waals surface area contributed by atoms with E-state index in [2.05, 4.69) is 4.98 Å². The lowest BCUT2D eigenvalue weighted by Gasteiger charge is -2.28. The van der Waals surface area contributed by atoms with Gasteiger partial charge in [-0.3, -0.25) is 9.69 Å². The maximum absolute atomic E-state index is 12.7. The molecule has 1 aromatic heterocycles. The summed E-state index contributed by atoms with van der Waals surface area (Å²) < 4.78 is 38.1. The second-order valence-corrected chi connectivity index (χ2v) is 5.88. The average molecular weight is 339 g/mol. The summed E-state index contributed by atoms with van der Waals surface area (Å²) in [4.78, 5) is 19.3. The molecular weight excluding hydrogens is 323 g/mol. The fourth-order valence-electron chi connectivity index (χ4n) is 2.84. The van der Waals surface area contributed by atoms with Gasteiger partial charge in [-0.1, -0.05) is 18.2 Å². The molecule has 5 nitrogen and oxygen atoms in total. The quantitative estimate of drug-likeness (QED) is 0.881. The number of aromatic nitrogens is 2. The van der Waals surface area contributed by atoms with Crippen LogP contribution in [-0.4, -0.2) is 26.5 Å². The molecule has 1 aliphatic rings. The Balaban J connectivity index is 1.85. The summed E-state index contributed by atoms with van der Waals surface area (Å²) in [5, 5.41) is 10.1. The maximum atomic E-state index is 12.7. The fourth-order valence-corrected chi connectivity index (χ4v) is 2.84. The Labute approximate surface area is 135 Å². The highest BCUT2D eigenvalue weighted by atomic mass is 19.4. The van der Waals surface area contributed by atoms with Gasteiger partial charge in [0.1, 0.15) is 5.75 Å². The second kappa shape index (κ2) is 5.94. The zero-order valence-electron chi connectivity index (χ0n) is 12.9. The van der Waals surface area contributed by atoms with Crippen molar-refractivity contribution in [3.05, 3.63) is 56.8 Å². The molecule has 2 heterocycles. The van der Waals surface area contributed by atoms with Gasteiger partial charge in [-0.2, -0.15) is 13.2 Å². The van der Waals surface area contributed by atoms with Crippen LogP contribution >= 0.6 is 0 Å². The monoisotopic (exact) mass is 339 g/mol. The minimum Gasteiger partial charge on any atom is -0.507 e. The summed E-state index contributed by atoms with van der Waals surface area (Å²) in [6.07, 6.45) is -4.41. The molecule has 0 atom stereocenters. The van der Waals surface area contributed by atoms with E-state index >= 15 is 0 Å². The van der Waals surface area contributed by atoms with E-state index in [4.69, 9.17) is 0 Å². The van der Waals surface area contributed by atoms with Gasteiger partial charge in [0.25, 0.3) is 5.56 Å². The molecule has 0 unspecified atom stereocenters. The number of aromatic amines is 1. The molecular formula is C16H16F3N3O2. The van der Waals surface area contributed by atoms with Gasteiger partial charge in [0.05, 0.1) is 11.3 Å². The first-order valence-electron chi connectivity index (χ1n) is 7.45. The van der Waals surface area contributed by atoms with Crippen molar-refractivity contribution >= 4 is 0 Å². The van der Waals surface area contributed by atoms with Crippen molar-refractivity contribution in [1.82, 2.24) is 14.9 Å². The number of alkyl halides is 3. The van der Waals surface area contributed by atoms with Crippen molar-refractivity contribution in [2.24, 2.45) is 0 Å². The highest BCUT2D eigenvalue weighted by Crippen LogP contribution is 2.28. The molecule has 1 aliphatic heterocycles. The molecule has 0 amide bonds. The minimum absolute atomic E-state index is 0.191. The normalized spacial score (nSPS) is 15.3. The van der Waals surface area contributed by atoms with Crippen molar-refractivity contribution < 1.29 is 18.3 Å². The van der Waals surface area contributed by atoms with Gasteiger partial charge in [0.2, 0.25) is 5.82 Å². The van der Waals surface area contributed by atoms with Gasteiger partial charge < -0.3 is 10.1 Å². The van der Waals surface area contributed by atoms with Crippen LogP contribution in [-0.2, 0) is 25.7 Å². The van der Waals surface area contributed by atoms with Gasteiger partial charge in [-0.25, -0.2) is 4.98 Å². The molecule has 8 heteroatoms. The Morgan fingerprint density at radius 2 is 2.12 bits per heavy atom. The van der Waals surface area contributed by atoms with E-state index in [9.17, 15) is 23.1 Å². The number of fused-ring (bicyclic) bond motifs is 1. The zero-order chi connectivity index (χ0) is 17.5. The fraction of sp³-hybridized carbons (Fsp3) is 0.375. The van der Waals surface area contributed by atoms with E-state index in [-0.39, 0.29) is 30.0 Å². The first-order chi connectivity index (χ1) is 11.3. The van der Waals surface area contributed by atoms with Crippen molar-refractivity contribution in [3.8, 4) is 5.75 Å². The molecule has 0 saturated heterocycles. The zero-order valence-corrected chi connectivity index (χ0v) is 12.9. The average Bonchev–Trinajstić information content (AvgIpc) is 2.51.